The first-order chi connectivity index (χ1) is 14.9. The zero-order valence-electron chi connectivity index (χ0n) is 17.6. The lowest BCUT2D eigenvalue weighted by Gasteiger charge is -2.27. The molecule has 1 aliphatic rings. The van der Waals surface area contributed by atoms with Gasteiger partial charge in [0.1, 0.15) is 17.4 Å². The van der Waals surface area contributed by atoms with Crippen LogP contribution in [0.15, 0.2) is 48.7 Å². The van der Waals surface area contributed by atoms with E-state index in [-0.39, 0.29) is 11.7 Å². The largest absolute Gasteiger partial charge is 0.477 e. The standard InChI is InChI=1S/C24H25N5O2/c1-15-8-9-16(2)17(13-15)21-7-4-12-29(21)22(25)10-11-23-26-14-20(28-23)18-5-3-6-19(27-18)24(30)31/h3,5-6,8-11,13-14,21,25H,4,7,12H2,1-2H3,(H,26,28)(H,30,31)/b11-10-,25-22?. The number of aromatic nitrogens is 3. The van der Waals surface area contributed by atoms with Gasteiger partial charge in [-0.15, -0.1) is 0 Å². The number of nitrogens with one attached hydrogen (secondary N) is 2. The van der Waals surface area contributed by atoms with Gasteiger partial charge in [-0.05, 0) is 62.1 Å². The highest BCUT2D eigenvalue weighted by Gasteiger charge is 2.28. The highest BCUT2D eigenvalue weighted by atomic mass is 16.4. The molecule has 1 atom stereocenters. The van der Waals surface area contributed by atoms with Crippen molar-refractivity contribution in [1.29, 1.82) is 5.41 Å². The number of likely N-dealkylation sites (tertiary alicyclic amines) is 1. The summed E-state index contributed by atoms with van der Waals surface area (Å²) in [6.45, 7) is 5.09. The van der Waals surface area contributed by atoms with Gasteiger partial charge < -0.3 is 15.0 Å². The lowest BCUT2D eigenvalue weighted by molar-refractivity contribution is 0.0690. The number of hydrogen-bond acceptors (Lipinski definition) is 4. The summed E-state index contributed by atoms with van der Waals surface area (Å²) in [6.07, 6.45) is 7.24. The van der Waals surface area contributed by atoms with E-state index in [1.165, 1.54) is 22.8 Å². The number of nitrogens with zero attached hydrogens (tertiary/aromatic N) is 3. The van der Waals surface area contributed by atoms with Crippen molar-refractivity contribution >= 4 is 17.9 Å². The molecule has 1 aliphatic heterocycles. The molecule has 4 rings (SSSR count). The highest BCUT2D eigenvalue weighted by molar-refractivity contribution is 5.94. The molecule has 31 heavy (non-hydrogen) atoms. The Morgan fingerprint density at radius 1 is 1.29 bits per heavy atom. The Morgan fingerprint density at radius 3 is 2.94 bits per heavy atom. The van der Waals surface area contributed by atoms with Gasteiger partial charge in [0.05, 0.1) is 23.6 Å². The van der Waals surface area contributed by atoms with E-state index in [4.69, 9.17) is 10.5 Å². The number of benzene rings is 1. The Bertz CT molecular complexity index is 1160. The molecule has 7 nitrogen and oxygen atoms in total. The summed E-state index contributed by atoms with van der Waals surface area (Å²) in [5.74, 6) is -0.0314. The van der Waals surface area contributed by atoms with Gasteiger partial charge in [0.15, 0.2) is 0 Å². The summed E-state index contributed by atoms with van der Waals surface area (Å²) in [4.78, 5) is 24.9. The average molecular weight is 415 g/mol. The summed E-state index contributed by atoms with van der Waals surface area (Å²) in [5, 5.41) is 17.7. The summed E-state index contributed by atoms with van der Waals surface area (Å²) in [5.41, 5.74) is 4.91. The molecule has 1 saturated heterocycles. The van der Waals surface area contributed by atoms with Crippen LogP contribution < -0.4 is 0 Å². The Balaban J connectivity index is 1.50. The fraction of sp³-hybridized carbons (Fsp3) is 0.250. The molecule has 0 aliphatic carbocycles. The second-order valence-electron chi connectivity index (χ2n) is 7.83. The zero-order chi connectivity index (χ0) is 22.0. The van der Waals surface area contributed by atoms with Crippen LogP contribution in [-0.2, 0) is 0 Å². The van der Waals surface area contributed by atoms with Gasteiger partial charge in [0.2, 0.25) is 0 Å². The molecule has 0 radical (unpaired) electrons. The number of rotatable bonds is 5. The van der Waals surface area contributed by atoms with Gasteiger partial charge in [-0.2, -0.15) is 0 Å². The lowest BCUT2D eigenvalue weighted by Crippen LogP contribution is -2.28. The number of carboxylic acid groups (broad SMARTS) is 1. The van der Waals surface area contributed by atoms with Crippen molar-refractivity contribution in [1.82, 2.24) is 19.9 Å². The lowest BCUT2D eigenvalue weighted by atomic mass is 9.97. The minimum atomic E-state index is -1.07. The maximum atomic E-state index is 11.1. The number of hydrogen-bond donors (Lipinski definition) is 3. The number of aryl methyl sites for hydroxylation is 2. The van der Waals surface area contributed by atoms with Crippen LogP contribution in [-0.4, -0.2) is 43.3 Å². The second-order valence-corrected chi connectivity index (χ2v) is 7.83. The van der Waals surface area contributed by atoms with Crippen molar-refractivity contribution in [2.24, 2.45) is 0 Å². The van der Waals surface area contributed by atoms with Gasteiger partial charge in [0.25, 0.3) is 0 Å². The third-order valence-electron chi connectivity index (χ3n) is 5.59. The topological polar surface area (TPSA) is 106 Å². The van der Waals surface area contributed by atoms with Crippen LogP contribution in [0.5, 0.6) is 0 Å². The Morgan fingerprint density at radius 2 is 2.13 bits per heavy atom. The normalized spacial score (nSPS) is 16.2. The van der Waals surface area contributed by atoms with Crippen LogP contribution in [0, 0.1) is 19.3 Å². The fourth-order valence-corrected chi connectivity index (χ4v) is 4.01. The highest BCUT2D eigenvalue weighted by Crippen LogP contribution is 2.34. The molecule has 3 heterocycles. The molecule has 3 aromatic rings. The van der Waals surface area contributed by atoms with E-state index in [1.807, 2.05) is 0 Å². The molecule has 1 unspecified atom stereocenters. The van der Waals surface area contributed by atoms with Crippen LogP contribution in [0.25, 0.3) is 17.5 Å². The number of imidazole rings is 1. The maximum Gasteiger partial charge on any atom is 0.354 e. The number of aromatic amines is 1. The smallest absolute Gasteiger partial charge is 0.354 e. The predicted octanol–water partition coefficient (Wildman–Crippen LogP) is 4.61. The Labute approximate surface area is 181 Å². The molecule has 1 aromatic carbocycles. The molecule has 3 N–H and O–H groups in total. The number of aromatic carboxylic acids is 1. The van der Waals surface area contributed by atoms with Crippen LogP contribution >= 0.6 is 0 Å². The molecule has 2 aromatic heterocycles. The number of carboxylic acids is 1. The van der Waals surface area contributed by atoms with Crippen LogP contribution in [0.4, 0.5) is 0 Å². The van der Waals surface area contributed by atoms with E-state index in [1.54, 1.807) is 30.5 Å². The predicted molar refractivity (Wildman–Crippen MR) is 120 cm³/mol. The van der Waals surface area contributed by atoms with E-state index in [9.17, 15) is 4.79 Å². The molecular weight excluding hydrogens is 390 g/mol. The van der Waals surface area contributed by atoms with Crippen molar-refractivity contribution in [3.05, 3.63) is 76.9 Å². The summed E-state index contributed by atoms with van der Waals surface area (Å²) < 4.78 is 0. The molecule has 0 bridgehead atoms. The average Bonchev–Trinajstić information content (AvgIpc) is 3.44. The minimum absolute atomic E-state index is 0.0162. The number of H-pyrrole nitrogens is 1. The van der Waals surface area contributed by atoms with E-state index in [0.717, 1.165) is 19.4 Å². The van der Waals surface area contributed by atoms with Crippen LogP contribution in [0.2, 0.25) is 0 Å². The van der Waals surface area contributed by atoms with E-state index < -0.39 is 5.97 Å². The molecular formula is C24H25N5O2. The van der Waals surface area contributed by atoms with Crippen molar-refractivity contribution < 1.29 is 9.90 Å². The summed E-state index contributed by atoms with van der Waals surface area (Å²) in [7, 11) is 0. The van der Waals surface area contributed by atoms with Crippen molar-refractivity contribution in [3.8, 4) is 11.4 Å². The third kappa shape index (κ3) is 4.40. The van der Waals surface area contributed by atoms with Crippen molar-refractivity contribution in [2.75, 3.05) is 6.54 Å². The van der Waals surface area contributed by atoms with E-state index >= 15 is 0 Å². The molecule has 1 fully saturated rings. The monoisotopic (exact) mass is 415 g/mol. The SMILES string of the molecule is Cc1ccc(C)c(C2CCCN2C(=N)/C=C\c2ncc(-c3cccc(C(=O)O)n3)[nH]2)c1. The quantitative estimate of drug-likeness (QED) is 0.417. The first-order valence-corrected chi connectivity index (χ1v) is 10.3. The molecule has 0 amide bonds. The first-order valence-electron chi connectivity index (χ1n) is 10.3. The number of amidine groups is 1. The van der Waals surface area contributed by atoms with E-state index in [0.29, 0.717) is 23.0 Å². The van der Waals surface area contributed by atoms with Crippen LogP contribution in [0.1, 0.15) is 51.9 Å². The second kappa shape index (κ2) is 8.55. The summed E-state index contributed by atoms with van der Waals surface area (Å²) >= 11 is 0. The van der Waals surface area contributed by atoms with Gasteiger partial charge in [-0.3, -0.25) is 5.41 Å². The Hall–Kier alpha value is -3.74. The molecule has 7 heteroatoms. The zero-order valence-corrected chi connectivity index (χ0v) is 17.6. The molecule has 0 spiro atoms. The fourth-order valence-electron chi connectivity index (χ4n) is 4.01. The maximum absolute atomic E-state index is 11.1. The van der Waals surface area contributed by atoms with Crippen LogP contribution in [0.3, 0.4) is 0 Å². The van der Waals surface area contributed by atoms with Gasteiger partial charge in [-0.25, -0.2) is 14.8 Å². The minimum Gasteiger partial charge on any atom is -0.477 e. The van der Waals surface area contributed by atoms with Gasteiger partial charge in [0, 0.05) is 6.54 Å². The molecule has 158 valence electrons. The van der Waals surface area contributed by atoms with Gasteiger partial charge >= 0.3 is 5.97 Å². The summed E-state index contributed by atoms with van der Waals surface area (Å²) in [6, 6.07) is 11.6. The van der Waals surface area contributed by atoms with Gasteiger partial charge in [-0.1, -0.05) is 29.8 Å². The number of carbonyl (C=O) groups is 1. The van der Waals surface area contributed by atoms with Crippen molar-refractivity contribution in [2.45, 2.75) is 32.7 Å². The van der Waals surface area contributed by atoms with E-state index in [2.05, 4.69) is 51.9 Å². The first kappa shape index (κ1) is 20.5. The number of pyridine rings is 1. The van der Waals surface area contributed by atoms with Crippen molar-refractivity contribution in [3.63, 3.8) is 0 Å². The molecule has 0 saturated carbocycles. The Kier molecular flexibility index (Phi) is 5.66. The third-order valence-corrected chi connectivity index (χ3v) is 5.59.